The molecule has 1 N–H and O–H groups in total. The molecular formula is C25H27N3O5S. The molecule has 3 aromatic rings. The van der Waals surface area contributed by atoms with Crippen LogP contribution in [0, 0.1) is 0 Å². The lowest BCUT2D eigenvalue weighted by atomic mass is 10.1. The topological polar surface area (TPSA) is 111 Å². The number of hydrogen-bond donors (Lipinski definition) is 1. The highest BCUT2D eigenvalue weighted by molar-refractivity contribution is 7.99. The number of nitrogens with zero attached hydrogens (tertiary/aromatic N) is 3. The van der Waals surface area contributed by atoms with Crippen LogP contribution in [0.5, 0.6) is 5.75 Å². The monoisotopic (exact) mass is 481 g/mol. The lowest BCUT2D eigenvalue weighted by Gasteiger charge is -2.07. The van der Waals surface area contributed by atoms with Crippen LogP contribution in [-0.4, -0.2) is 50.3 Å². The Kier molecular flexibility index (Phi) is 8.98. The first-order valence-electron chi connectivity index (χ1n) is 10.9. The minimum atomic E-state index is -0.995. The van der Waals surface area contributed by atoms with E-state index in [4.69, 9.17) is 9.84 Å². The van der Waals surface area contributed by atoms with Crippen molar-refractivity contribution in [1.29, 1.82) is 0 Å². The van der Waals surface area contributed by atoms with Gasteiger partial charge in [-0.3, -0.25) is 9.59 Å². The number of methoxy groups -OCH3 is 1. The van der Waals surface area contributed by atoms with Crippen molar-refractivity contribution >= 4 is 29.3 Å². The Morgan fingerprint density at radius 2 is 1.56 bits per heavy atom. The van der Waals surface area contributed by atoms with Crippen molar-refractivity contribution in [1.82, 2.24) is 14.8 Å². The summed E-state index contributed by atoms with van der Waals surface area (Å²) in [5.41, 5.74) is 1.90. The second-order valence-electron chi connectivity index (χ2n) is 7.71. The van der Waals surface area contributed by atoms with Gasteiger partial charge in [0.05, 0.1) is 18.4 Å². The molecule has 0 saturated heterocycles. The second-order valence-corrected chi connectivity index (χ2v) is 8.66. The molecule has 1 aromatic heterocycles. The van der Waals surface area contributed by atoms with Gasteiger partial charge < -0.3 is 14.4 Å². The third-order valence-electron chi connectivity index (χ3n) is 5.26. The normalized spacial score (nSPS) is 10.8. The van der Waals surface area contributed by atoms with E-state index in [2.05, 4.69) is 10.2 Å². The largest absolute Gasteiger partial charge is 0.497 e. The zero-order valence-electron chi connectivity index (χ0n) is 19.2. The van der Waals surface area contributed by atoms with Crippen molar-refractivity contribution in [3.05, 3.63) is 71.0 Å². The van der Waals surface area contributed by atoms with Gasteiger partial charge in [-0.2, -0.15) is 0 Å². The number of rotatable bonds is 13. The van der Waals surface area contributed by atoms with Crippen LogP contribution in [0.2, 0.25) is 0 Å². The summed E-state index contributed by atoms with van der Waals surface area (Å²) in [7, 11) is 1.61. The summed E-state index contributed by atoms with van der Waals surface area (Å²) in [6.45, 7) is 2.62. The van der Waals surface area contributed by atoms with E-state index in [1.807, 2.05) is 35.8 Å². The minimum absolute atomic E-state index is 0.00921. The molecule has 0 radical (unpaired) electrons. The molecule has 2 aromatic carbocycles. The van der Waals surface area contributed by atoms with Gasteiger partial charge in [-0.25, -0.2) is 4.79 Å². The molecule has 0 unspecified atom stereocenters. The lowest BCUT2D eigenvalue weighted by molar-refractivity contribution is -0.118. The lowest BCUT2D eigenvalue weighted by Crippen LogP contribution is -2.10. The number of aryl methyl sites for hydroxylation is 1. The van der Waals surface area contributed by atoms with Crippen LogP contribution in [0.4, 0.5) is 0 Å². The van der Waals surface area contributed by atoms with E-state index in [9.17, 15) is 14.4 Å². The maximum absolute atomic E-state index is 12.4. The highest BCUT2D eigenvalue weighted by Gasteiger charge is 2.15. The van der Waals surface area contributed by atoms with Crippen LogP contribution >= 0.6 is 11.8 Å². The number of carboxylic acid groups (broad SMARTS) is 1. The molecule has 178 valence electrons. The number of carboxylic acids is 1. The summed E-state index contributed by atoms with van der Waals surface area (Å²) in [4.78, 5) is 35.8. The van der Waals surface area contributed by atoms with Gasteiger partial charge >= 0.3 is 5.97 Å². The van der Waals surface area contributed by atoms with Gasteiger partial charge in [0.1, 0.15) is 23.1 Å². The molecule has 8 nitrogen and oxygen atoms in total. The van der Waals surface area contributed by atoms with Gasteiger partial charge in [-0.05, 0) is 42.3 Å². The number of carbonyl (C=O) groups is 3. The van der Waals surface area contributed by atoms with Gasteiger partial charge in [0, 0.05) is 32.2 Å². The van der Waals surface area contributed by atoms with E-state index in [-0.39, 0.29) is 29.3 Å². The standard InChI is InChI=1S/C25H27N3O5S/c1-3-28-23(13-10-20(29)14-18-6-11-22(33-2)12-7-18)26-27-25(28)34-16-21(30)15-17-4-8-19(9-5-17)24(31)32/h4-9,11-12H,3,10,13-16H2,1-2H3,(H,31,32). The summed E-state index contributed by atoms with van der Waals surface area (Å²) in [5, 5.41) is 18.1. The Bertz CT molecular complexity index is 1140. The molecule has 0 aliphatic heterocycles. The van der Waals surface area contributed by atoms with Crippen LogP contribution in [0.25, 0.3) is 0 Å². The Balaban J connectivity index is 1.50. The van der Waals surface area contributed by atoms with Gasteiger partial charge in [-0.1, -0.05) is 36.0 Å². The van der Waals surface area contributed by atoms with E-state index in [0.717, 1.165) is 22.7 Å². The molecule has 0 fully saturated rings. The Morgan fingerprint density at radius 1 is 0.941 bits per heavy atom. The number of aromatic nitrogens is 3. The van der Waals surface area contributed by atoms with Crippen molar-refractivity contribution in [2.45, 2.75) is 44.3 Å². The zero-order valence-corrected chi connectivity index (χ0v) is 20.0. The van der Waals surface area contributed by atoms with Crippen molar-refractivity contribution in [2.24, 2.45) is 0 Å². The van der Waals surface area contributed by atoms with Crippen molar-refractivity contribution < 1.29 is 24.2 Å². The van der Waals surface area contributed by atoms with Gasteiger partial charge in [0.25, 0.3) is 0 Å². The first kappa shape index (κ1) is 25.2. The number of thioether (sulfide) groups is 1. The smallest absolute Gasteiger partial charge is 0.335 e. The zero-order chi connectivity index (χ0) is 24.5. The highest BCUT2D eigenvalue weighted by atomic mass is 32.2. The van der Waals surface area contributed by atoms with E-state index in [1.54, 1.807) is 19.2 Å². The molecule has 1 heterocycles. The number of Topliss-reactive ketones (excluding diaryl/α,β-unsaturated/α-hetero) is 2. The van der Waals surface area contributed by atoms with Crippen molar-refractivity contribution in [2.75, 3.05) is 12.9 Å². The fourth-order valence-electron chi connectivity index (χ4n) is 3.43. The number of ketones is 2. The second kappa shape index (κ2) is 12.1. The predicted octanol–water partition coefficient (Wildman–Crippen LogP) is 3.65. The Labute approximate surface area is 202 Å². The minimum Gasteiger partial charge on any atom is -0.497 e. The summed E-state index contributed by atoms with van der Waals surface area (Å²) in [6.07, 6.45) is 1.42. The molecule has 0 spiro atoms. The molecule has 0 aliphatic rings. The molecule has 3 rings (SSSR count). The summed E-state index contributed by atoms with van der Waals surface area (Å²) in [5.74, 6) is 0.848. The van der Waals surface area contributed by atoms with Crippen LogP contribution < -0.4 is 4.74 Å². The summed E-state index contributed by atoms with van der Waals surface area (Å²) >= 11 is 1.32. The first-order valence-corrected chi connectivity index (χ1v) is 11.9. The molecule has 0 aliphatic carbocycles. The SMILES string of the molecule is CCn1c(CCC(=O)Cc2ccc(OC)cc2)nnc1SCC(=O)Cc1ccc(C(=O)O)cc1. The summed E-state index contributed by atoms with van der Waals surface area (Å²) in [6, 6.07) is 13.7. The molecular weight excluding hydrogens is 454 g/mol. The van der Waals surface area contributed by atoms with Crippen LogP contribution in [-0.2, 0) is 35.4 Å². The van der Waals surface area contributed by atoms with E-state index < -0.39 is 5.97 Å². The number of ether oxygens (including phenoxy) is 1. The number of hydrogen-bond acceptors (Lipinski definition) is 7. The number of aromatic carboxylic acids is 1. The molecule has 34 heavy (non-hydrogen) atoms. The molecule has 0 bridgehead atoms. The maximum atomic E-state index is 12.4. The fourth-order valence-corrected chi connectivity index (χ4v) is 4.31. The van der Waals surface area contributed by atoms with Crippen molar-refractivity contribution in [3.8, 4) is 5.75 Å². The van der Waals surface area contributed by atoms with Gasteiger partial charge in [-0.15, -0.1) is 10.2 Å². The number of carbonyl (C=O) groups excluding carboxylic acids is 2. The Morgan fingerprint density at radius 3 is 2.15 bits per heavy atom. The average Bonchev–Trinajstić information content (AvgIpc) is 3.24. The van der Waals surface area contributed by atoms with E-state index in [0.29, 0.717) is 31.0 Å². The molecule has 9 heteroatoms. The van der Waals surface area contributed by atoms with Crippen LogP contribution in [0.15, 0.2) is 53.7 Å². The van der Waals surface area contributed by atoms with Crippen LogP contribution in [0.3, 0.4) is 0 Å². The third-order valence-corrected chi connectivity index (χ3v) is 6.29. The maximum Gasteiger partial charge on any atom is 0.335 e. The molecule has 0 amide bonds. The van der Waals surface area contributed by atoms with Gasteiger partial charge in [0.2, 0.25) is 0 Å². The highest BCUT2D eigenvalue weighted by Crippen LogP contribution is 2.19. The third kappa shape index (κ3) is 7.02. The first-order chi connectivity index (χ1) is 16.4. The van der Waals surface area contributed by atoms with Crippen molar-refractivity contribution in [3.63, 3.8) is 0 Å². The molecule has 0 saturated carbocycles. The van der Waals surface area contributed by atoms with E-state index >= 15 is 0 Å². The van der Waals surface area contributed by atoms with E-state index in [1.165, 1.54) is 23.9 Å². The Hall–Kier alpha value is -3.46. The molecule has 0 atom stereocenters. The quantitative estimate of drug-likeness (QED) is 0.368. The van der Waals surface area contributed by atoms with Crippen LogP contribution in [0.1, 0.15) is 40.7 Å². The van der Waals surface area contributed by atoms with Gasteiger partial charge in [0.15, 0.2) is 5.16 Å². The summed E-state index contributed by atoms with van der Waals surface area (Å²) < 4.78 is 7.07. The fraction of sp³-hybridized carbons (Fsp3) is 0.320. The number of benzene rings is 2. The predicted molar refractivity (Wildman–Crippen MR) is 129 cm³/mol. The average molecular weight is 482 g/mol.